The summed E-state index contributed by atoms with van der Waals surface area (Å²) in [6, 6.07) is 34.9. The Labute approximate surface area is 346 Å². The molecule has 3 saturated heterocycles. The first-order valence-corrected chi connectivity index (χ1v) is 21.4. The molecule has 0 bridgehead atoms. The number of amides is 2. The van der Waals surface area contributed by atoms with Gasteiger partial charge in [-0.3, -0.25) is 14.5 Å². The number of nitrogens with zero attached hydrogens (tertiary/aromatic N) is 5. The summed E-state index contributed by atoms with van der Waals surface area (Å²) in [5, 5.41) is 0. The molecule has 3 atom stereocenters. The molecule has 5 heterocycles. The molecule has 10 nitrogen and oxygen atoms in total. The van der Waals surface area contributed by atoms with Crippen LogP contribution in [-0.4, -0.2) is 79.7 Å². The minimum atomic E-state index is -0.258. The Morgan fingerprint density at radius 3 is 1.80 bits per heavy atom. The lowest BCUT2D eigenvalue weighted by atomic mass is 10.00. The first kappa shape index (κ1) is 38.5. The second-order valence-electron chi connectivity index (χ2n) is 16.2. The number of carbonyl (C=O) groups is 2. The second kappa shape index (κ2) is 17.5. The SMILES string of the molecule is COc1ccccc1CCC(=O)N1CCC[C@H]1c1ncc(-c2ccc(-c3ccc(-c4cnc([C@@H]5CCCN5C(=O)[C@@H](c5ccccc5)N5CCCCC5)[nH]4)cc3)cc2)[nH]1. The number of nitrogens with one attached hydrogen (secondary N) is 2. The van der Waals surface area contributed by atoms with Crippen LogP contribution < -0.4 is 4.74 Å². The van der Waals surface area contributed by atoms with E-state index in [0.717, 1.165) is 127 Å². The van der Waals surface area contributed by atoms with E-state index >= 15 is 0 Å². The molecule has 10 heteroatoms. The number of rotatable bonds is 12. The van der Waals surface area contributed by atoms with E-state index in [1.807, 2.05) is 59.8 Å². The number of likely N-dealkylation sites (tertiary alicyclic amines) is 3. The number of para-hydroxylation sites is 1. The number of piperidine rings is 1. The van der Waals surface area contributed by atoms with Gasteiger partial charge < -0.3 is 24.5 Å². The maximum absolute atomic E-state index is 14.4. The van der Waals surface area contributed by atoms with E-state index in [0.29, 0.717) is 12.8 Å². The van der Waals surface area contributed by atoms with Gasteiger partial charge in [-0.1, -0.05) is 103 Å². The van der Waals surface area contributed by atoms with Crippen LogP contribution in [0.25, 0.3) is 33.6 Å². The van der Waals surface area contributed by atoms with Crippen LogP contribution in [0.5, 0.6) is 5.75 Å². The summed E-state index contributed by atoms with van der Waals surface area (Å²) < 4.78 is 5.49. The highest BCUT2D eigenvalue weighted by Gasteiger charge is 2.39. The maximum atomic E-state index is 14.4. The number of H-pyrrole nitrogens is 2. The fourth-order valence-corrected chi connectivity index (χ4v) is 9.43. The Balaban J connectivity index is 0.839. The van der Waals surface area contributed by atoms with Crippen molar-refractivity contribution in [3.8, 4) is 39.4 Å². The summed E-state index contributed by atoms with van der Waals surface area (Å²) in [7, 11) is 1.67. The van der Waals surface area contributed by atoms with Gasteiger partial charge in [-0.2, -0.15) is 0 Å². The van der Waals surface area contributed by atoms with Crippen molar-refractivity contribution in [2.45, 2.75) is 75.9 Å². The highest BCUT2D eigenvalue weighted by molar-refractivity contribution is 5.84. The molecular weight excluding hydrogens is 735 g/mol. The van der Waals surface area contributed by atoms with Gasteiger partial charge in [0.25, 0.3) is 0 Å². The highest BCUT2D eigenvalue weighted by atomic mass is 16.5. The number of methoxy groups -OCH3 is 1. The molecule has 0 spiro atoms. The minimum absolute atomic E-state index is 0.0475. The average molecular weight is 788 g/mol. The van der Waals surface area contributed by atoms with Crippen LogP contribution in [-0.2, 0) is 16.0 Å². The van der Waals surface area contributed by atoms with Gasteiger partial charge in [0, 0.05) is 19.5 Å². The first-order chi connectivity index (χ1) is 29.0. The van der Waals surface area contributed by atoms with Crippen molar-refractivity contribution in [3.05, 3.63) is 138 Å². The summed E-state index contributed by atoms with van der Waals surface area (Å²) in [6.45, 7) is 3.40. The molecule has 2 N–H and O–H groups in total. The summed E-state index contributed by atoms with van der Waals surface area (Å²) >= 11 is 0. The number of imidazole rings is 2. The monoisotopic (exact) mass is 787 g/mol. The van der Waals surface area contributed by atoms with E-state index in [9.17, 15) is 9.59 Å². The Hall–Kier alpha value is -6.00. The zero-order valence-corrected chi connectivity index (χ0v) is 33.9. The van der Waals surface area contributed by atoms with Crippen LogP contribution in [0.15, 0.2) is 116 Å². The molecule has 0 unspecified atom stereocenters. The second-order valence-corrected chi connectivity index (χ2v) is 16.2. The van der Waals surface area contributed by atoms with Gasteiger partial charge >= 0.3 is 0 Å². The molecule has 4 aromatic carbocycles. The van der Waals surface area contributed by atoms with Crippen molar-refractivity contribution in [2.75, 3.05) is 33.3 Å². The molecule has 9 rings (SSSR count). The number of carbonyl (C=O) groups excluding carboxylic acids is 2. The van der Waals surface area contributed by atoms with Gasteiger partial charge in [0.2, 0.25) is 11.8 Å². The smallest absolute Gasteiger partial charge is 0.245 e. The zero-order valence-electron chi connectivity index (χ0n) is 33.9. The van der Waals surface area contributed by atoms with Crippen molar-refractivity contribution in [2.24, 2.45) is 0 Å². The molecule has 3 aliphatic heterocycles. The molecule has 302 valence electrons. The normalized spacial score (nSPS) is 18.9. The number of hydrogen-bond donors (Lipinski definition) is 2. The number of hydrogen-bond acceptors (Lipinski definition) is 6. The molecule has 3 aliphatic rings. The fraction of sp³-hybridized carbons (Fsp3) is 0.347. The zero-order chi connectivity index (χ0) is 40.1. The lowest BCUT2D eigenvalue weighted by molar-refractivity contribution is -0.139. The standard InChI is InChI=1S/C49H53N7O3/c1-59-44-17-7-6-12-38(44)26-27-45(57)55-30-10-15-42(55)47-50-32-40(52-47)36-22-18-34(19-23-36)35-20-24-37(25-21-35)41-33-51-48(53-41)43-16-11-31-56(43)49(58)46(39-13-4-2-5-14-39)54-28-8-3-9-29-54/h2,4-7,12-14,17-25,32-33,42-43,46H,3,8-11,15-16,26-31H2,1H3,(H,50,52)(H,51,53)/t42-,43-,46+/m0/s1. The van der Waals surface area contributed by atoms with E-state index in [4.69, 9.17) is 14.7 Å². The van der Waals surface area contributed by atoms with Crippen LogP contribution in [0.4, 0.5) is 0 Å². The van der Waals surface area contributed by atoms with E-state index in [2.05, 4.69) is 80.4 Å². The first-order valence-electron chi connectivity index (χ1n) is 21.4. The van der Waals surface area contributed by atoms with Crippen LogP contribution in [0.1, 0.15) is 92.3 Å². The lowest BCUT2D eigenvalue weighted by Crippen LogP contribution is -2.44. The number of aromatic amines is 2. The summed E-state index contributed by atoms with van der Waals surface area (Å²) in [5.74, 6) is 2.85. The van der Waals surface area contributed by atoms with E-state index < -0.39 is 0 Å². The minimum Gasteiger partial charge on any atom is -0.496 e. The fourth-order valence-electron chi connectivity index (χ4n) is 9.43. The maximum Gasteiger partial charge on any atom is 0.245 e. The van der Waals surface area contributed by atoms with Gasteiger partial charge in [0.1, 0.15) is 23.4 Å². The third-order valence-electron chi connectivity index (χ3n) is 12.6. The third kappa shape index (κ3) is 8.19. The number of aryl methyl sites for hydroxylation is 1. The van der Waals surface area contributed by atoms with Crippen molar-refractivity contribution in [1.82, 2.24) is 34.6 Å². The quantitative estimate of drug-likeness (QED) is 0.128. The number of aromatic nitrogens is 4. The Morgan fingerprint density at radius 1 is 0.644 bits per heavy atom. The van der Waals surface area contributed by atoms with Crippen molar-refractivity contribution < 1.29 is 14.3 Å². The summed E-state index contributed by atoms with van der Waals surface area (Å²) in [6.07, 6.45) is 12.1. The lowest BCUT2D eigenvalue weighted by Gasteiger charge is -2.37. The molecule has 0 aliphatic carbocycles. The van der Waals surface area contributed by atoms with Gasteiger partial charge in [0.15, 0.2) is 0 Å². The van der Waals surface area contributed by atoms with E-state index in [1.54, 1.807) is 7.11 Å². The van der Waals surface area contributed by atoms with Gasteiger partial charge in [-0.25, -0.2) is 9.97 Å². The highest BCUT2D eigenvalue weighted by Crippen LogP contribution is 2.37. The molecule has 0 radical (unpaired) electrons. The van der Waals surface area contributed by atoms with Crippen molar-refractivity contribution in [1.29, 1.82) is 0 Å². The number of benzene rings is 4. The molecule has 3 fully saturated rings. The predicted octanol–water partition coefficient (Wildman–Crippen LogP) is 9.33. The molecule has 0 saturated carbocycles. The van der Waals surface area contributed by atoms with Gasteiger partial charge in [0.05, 0.1) is 43.0 Å². The molecule has 6 aromatic rings. The van der Waals surface area contributed by atoms with Crippen LogP contribution >= 0.6 is 0 Å². The van der Waals surface area contributed by atoms with Crippen molar-refractivity contribution in [3.63, 3.8) is 0 Å². The van der Waals surface area contributed by atoms with Crippen molar-refractivity contribution >= 4 is 11.8 Å². The van der Waals surface area contributed by atoms with E-state index in [1.165, 1.54) is 6.42 Å². The van der Waals surface area contributed by atoms with Crippen LogP contribution in [0, 0.1) is 0 Å². The largest absolute Gasteiger partial charge is 0.496 e. The summed E-state index contributed by atoms with van der Waals surface area (Å²) in [5.41, 5.74) is 8.36. The average Bonchev–Trinajstić information content (AvgIpc) is 4.14. The molecule has 2 aromatic heterocycles. The Bertz CT molecular complexity index is 2350. The number of ether oxygens (including phenoxy) is 1. The van der Waals surface area contributed by atoms with Gasteiger partial charge in [-0.15, -0.1) is 0 Å². The molecule has 59 heavy (non-hydrogen) atoms. The topological polar surface area (TPSA) is 110 Å². The van der Waals surface area contributed by atoms with Crippen LogP contribution in [0.2, 0.25) is 0 Å². The molecular formula is C49H53N7O3. The molecule has 2 amide bonds. The summed E-state index contributed by atoms with van der Waals surface area (Å²) in [4.78, 5) is 50.9. The Morgan fingerprint density at radius 2 is 1.19 bits per heavy atom. The van der Waals surface area contributed by atoms with Crippen LogP contribution in [0.3, 0.4) is 0 Å². The third-order valence-corrected chi connectivity index (χ3v) is 12.6. The van der Waals surface area contributed by atoms with Gasteiger partial charge in [-0.05, 0) is 97.5 Å². The predicted molar refractivity (Wildman–Crippen MR) is 230 cm³/mol. The van der Waals surface area contributed by atoms with E-state index in [-0.39, 0.29) is 29.9 Å². The Kier molecular flexibility index (Phi) is 11.4.